The number of nitrogens with one attached hydrogen (secondary N) is 1. The Bertz CT molecular complexity index is 689. The largest absolute Gasteiger partial charge is 0.497 e. The summed E-state index contributed by atoms with van der Waals surface area (Å²) >= 11 is 0. The van der Waals surface area contributed by atoms with E-state index >= 15 is 0 Å². The van der Waals surface area contributed by atoms with Crippen LogP contribution < -0.4 is 19.5 Å². The van der Waals surface area contributed by atoms with Gasteiger partial charge in [0.25, 0.3) is 5.91 Å². The summed E-state index contributed by atoms with van der Waals surface area (Å²) in [5.41, 5.74) is 0.991. The third-order valence-corrected chi connectivity index (χ3v) is 3.47. The third-order valence-electron chi connectivity index (χ3n) is 3.47. The quantitative estimate of drug-likeness (QED) is 0.726. The molecule has 2 aromatic carbocycles. The number of carbonyl (C=O) groups is 1. The molecule has 0 saturated carbocycles. The highest BCUT2D eigenvalue weighted by molar-refractivity contribution is 5.77. The van der Waals surface area contributed by atoms with Crippen LogP contribution in [0.15, 0.2) is 48.5 Å². The van der Waals surface area contributed by atoms with Crippen molar-refractivity contribution in [3.63, 3.8) is 0 Å². The number of ether oxygens (including phenoxy) is 3. The molecule has 6 nitrogen and oxygen atoms in total. The Labute approximate surface area is 147 Å². The summed E-state index contributed by atoms with van der Waals surface area (Å²) in [6.07, 6.45) is -0.805. The van der Waals surface area contributed by atoms with E-state index in [4.69, 9.17) is 14.2 Å². The Hall–Kier alpha value is -2.73. The number of methoxy groups -OCH3 is 1. The molecule has 0 saturated heterocycles. The summed E-state index contributed by atoms with van der Waals surface area (Å²) in [5.74, 6) is 1.59. The molecule has 134 valence electrons. The molecular formula is C19H23NO5. The van der Waals surface area contributed by atoms with Gasteiger partial charge in [0, 0.05) is 12.6 Å². The molecule has 0 bridgehead atoms. The second kappa shape index (κ2) is 9.54. The normalized spacial score (nSPS) is 11.5. The highest BCUT2D eigenvalue weighted by atomic mass is 16.5. The predicted octanol–water partition coefficient (Wildman–Crippen LogP) is 1.94. The van der Waals surface area contributed by atoms with Gasteiger partial charge in [0.05, 0.1) is 7.11 Å². The molecule has 0 aliphatic carbocycles. The Morgan fingerprint density at radius 1 is 1.12 bits per heavy atom. The van der Waals surface area contributed by atoms with Gasteiger partial charge in [0.2, 0.25) is 0 Å². The van der Waals surface area contributed by atoms with Gasteiger partial charge < -0.3 is 24.6 Å². The molecule has 0 aliphatic heterocycles. The van der Waals surface area contributed by atoms with E-state index in [1.54, 1.807) is 31.4 Å². The average Bonchev–Trinajstić information content (AvgIpc) is 2.64. The van der Waals surface area contributed by atoms with Gasteiger partial charge in [-0.05, 0) is 30.7 Å². The smallest absolute Gasteiger partial charge is 0.258 e. The SMILES string of the molecule is COc1cccc(OCC(=O)NCC(O)COc2ccccc2C)c1. The van der Waals surface area contributed by atoms with Crippen molar-refractivity contribution in [3.8, 4) is 17.2 Å². The first-order chi connectivity index (χ1) is 12.1. The third kappa shape index (κ3) is 6.35. The zero-order chi connectivity index (χ0) is 18.1. The molecule has 25 heavy (non-hydrogen) atoms. The first-order valence-corrected chi connectivity index (χ1v) is 7.98. The van der Waals surface area contributed by atoms with Crippen molar-refractivity contribution in [2.24, 2.45) is 0 Å². The van der Waals surface area contributed by atoms with Crippen LogP contribution in [0.1, 0.15) is 5.56 Å². The van der Waals surface area contributed by atoms with Crippen LogP contribution in [0.2, 0.25) is 0 Å². The van der Waals surface area contributed by atoms with Gasteiger partial charge in [0.15, 0.2) is 6.61 Å². The number of aliphatic hydroxyl groups is 1. The van der Waals surface area contributed by atoms with E-state index in [-0.39, 0.29) is 25.7 Å². The Morgan fingerprint density at radius 2 is 1.88 bits per heavy atom. The molecule has 0 aromatic heterocycles. The van der Waals surface area contributed by atoms with E-state index in [9.17, 15) is 9.90 Å². The monoisotopic (exact) mass is 345 g/mol. The molecule has 0 heterocycles. The standard InChI is InChI=1S/C19H23NO5/c1-14-6-3-4-9-18(14)25-12-15(21)11-20-19(22)13-24-17-8-5-7-16(10-17)23-2/h3-10,15,21H,11-13H2,1-2H3,(H,20,22). The fourth-order valence-corrected chi connectivity index (χ4v) is 2.09. The number of benzene rings is 2. The molecule has 2 N–H and O–H groups in total. The van der Waals surface area contributed by atoms with Crippen molar-refractivity contribution in [1.29, 1.82) is 0 Å². The van der Waals surface area contributed by atoms with Crippen LogP contribution >= 0.6 is 0 Å². The highest BCUT2D eigenvalue weighted by Gasteiger charge is 2.09. The number of hydrogen-bond donors (Lipinski definition) is 2. The molecule has 2 aromatic rings. The van der Waals surface area contributed by atoms with E-state index in [1.165, 1.54) is 0 Å². The number of para-hydroxylation sites is 1. The van der Waals surface area contributed by atoms with Crippen molar-refractivity contribution in [1.82, 2.24) is 5.32 Å². The Kier molecular flexibility index (Phi) is 7.10. The van der Waals surface area contributed by atoms with Gasteiger partial charge in [-0.2, -0.15) is 0 Å². The van der Waals surface area contributed by atoms with Crippen LogP contribution in [0.5, 0.6) is 17.2 Å². The average molecular weight is 345 g/mol. The maximum absolute atomic E-state index is 11.8. The zero-order valence-corrected chi connectivity index (χ0v) is 14.4. The molecule has 2 rings (SSSR count). The fraction of sp³-hybridized carbons (Fsp3) is 0.316. The number of amides is 1. The number of aryl methyl sites for hydroxylation is 1. The zero-order valence-electron chi connectivity index (χ0n) is 14.4. The van der Waals surface area contributed by atoms with E-state index in [1.807, 2.05) is 31.2 Å². The fourth-order valence-electron chi connectivity index (χ4n) is 2.09. The molecule has 0 aliphatic rings. The Balaban J connectivity index is 1.67. The minimum absolute atomic E-state index is 0.0895. The lowest BCUT2D eigenvalue weighted by atomic mass is 10.2. The molecule has 1 amide bonds. The van der Waals surface area contributed by atoms with E-state index in [0.29, 0.717) is 17.2 Å². The van der Waals surface area contributed by atoms with Crippen LogP contribution in [0.4, 0.5) is 0 Å². The van der Waals surface area contributed by atoms with Crippen molar-refractivity contribution in [2.75, 3.05) is 26.9 Å². The van der Waals surface area contributed by atoms with Crippen LogP contribution in [0.25, 0.3) is 0 Å². The molecule has 6 heteroatoms. The minimum atomic E-state index is -0.805. The lowest BCUT2D eigenvalue weighted by molar-refractivity contribution is -0.123. The van der Waals surface area contributed by atoms with Crippen LogP contribution in [-0.2, 0) is 4.79 Å². The summed E-state index contributed by atoms with van der Waals surface area (Å²) in [4.78, 5) is 11.8. The lowest BCUT2D eigenvalue weighted by Gasteiger charge is -2.14. The summed E-state index contributed by atoms with van der Waals surface area (Å²) in [6.45, 7) is 1.98. The molecule has 0 fully saturated rings. The van der Waals surface area contributed by atoms with Crippen molar-refractivity contribution < 1.29 is 24.1 Å². The van der Waals surface area contributed by atoms with Gasteiger partial charge in [-0.3, -0.25) is 4.79 Å². The maximum atomic E-state index is 11.8. The lowest BCUT2D eigenvalue weighted by Crippen LogP contribution is -2.37. The van der Waals surface area contributed by atoms with E-state index in [0.717, 1.165) is 5.56 Å². The summed E-state index contributed by atoms with van der Waals surface area (Å²) < 4.78 is 16.0. The molecule has 0 spiro atoms. The summed E-state index contributed by atoms with van der Waals surface area (Å²) in [7, 11) is 1.56. The summed E-state index contributed by atoms with van der Waals surface area (Å²) in [5, 5.41) is 12.5. The number of hydrogen-bond acceptors (Lipinski definition) is 5. The first kappa shape index (κ1) is 18.6. The van der Waals surface area contributed by atoms with Gasteiger partial charge in [-0.1, -0.05) is 24.3 Å². The van der Waals surface area contributed by atoms with E-state index < -0.39 is 6.10 Å². The second-order valence-corrected chi connectivity index (χ2v) is 5.50. The molecular weight excluding hydrogens is 322 g/mol. The highest BCUT2D eigenvalue weighted by Crippen LogP contribution is 2.18. The molecule has 1 atom stereocenters. The topological polar surface area (TPSA) is 77.0 Å². The maximum Gasteiger partial charge on any atom is 0.258 e. The van der Waals surface area contributed by atoms with E-state index in [2.05, 4.69) is 5.32 Å². The van der Waals surface area contributed by atoms with Crippen LogP contribution in [-0.4, -0.2) is 44.0 Å². The predicted molar refractivity (Wildman–Crippen MR) is 94.2 cm³/mol. The van der Waals surface area contributed by atoms with Crippen LogP contribution in [0.3, 0.4) is 0 Å². The Morgan fingerprint density at radius 3 is 2.64 bits per heavy atom. The van der Waals surface area contributed by atoms with Crippen molar-refractivity contribution >= 4 is 5.91 Å². The molecule has 0 radical (unpaired) electrons. The minimum Gasteiger partial charge on any atom is -0.497 e. The van der Waals surface area contributed by atoms with Gasteiger partial charge in [0.1, 0.15) is 30.0 Å². The second-order valence-electron chi connectivity index (χ2n) is 5.50. The van der Waals surface area contributed by atoms with Gasteiger partial charge in [-0.15, -0.1) is 0 Å². The number of aliphatic hydroxyl groups excluding tert-OH is 1. The number of rotatable bonds is 9. The first-order valence-electron chi connectivity index (χ1n) is 7.98. The van der Waals surface area contributed by atoms with Gasteiger partial charge in [-0.25, -0.2) is 0 Å². The van der Waals surface area contributed by atoms with Crippen molar-refractivity contribution in [2.45, 2.75) is 13.0 Å². The van der Waals surface area contributed by atoms with Gasteiger partial charge >= 0.3 is 0 Å². The van der Waals surface area contributed by atoms with Crippen LogP contribution in [0, 0.1) is 6.92 Å². The number of carbonyl (C=O) groups excluding carboxylic acids is 1. The van der Waals surface area contributed by atoms with Crippen molar-refractivity contribution in [3.05, 3.63) is 54.1 Å². The molecule has 1 unspecified atom stereocenters. The summed E-state index contributed by atoms with van der Waals surface area (Å²) in [6, 6.07) is 14.5.